The van der Waals surface area contributed by atoms with E-state index in [0.717, 1.165) is 11.0 Å². The Labute approximate surface area is 97.4 Å². The van der Waals surface area contributed by atoms with Crippen LogP contribution in [0.1, 0.15) is 6.42 Å². The van der Waals surface area contributed by atoms with Crippen molar-refractivity contribution in [1.82, 2.24) is 4.90 Å². The van der Waals surface area contributed by atoms with Crippen LogP contribution < -0.4 is 0 Å². The van der Waals surface area contributed by atoms with E-state index < -0.39 is 34.4 Å². The molecule has 0 aromatic rings. The Morgan fingerprint density at radius 1 is 1.47 bits per heavy atom. The van der Waals surface area contributed by atoms with Gasteiger partial charge in [0.25, 0.3) is 0 Å². The first-order valence-corrected chi connectivity index (χ1v) is 5.92. The Bertz CT molecular complexity index is 443. The number of carbonyl (C=O) groups excluding carboxylic acids is 1. The fourth-order valence-electron chi connectivity index (χ4n) is 1.63. The summed E-state index contributed by atoms with van der Waals surface area (Å²) in [5, 5.41) is 8.85. The summed E-state index contributed by atoms with van der Waals surface area (Å²) < 4.78 is 33.6. The molecule has 0 saturated carbocycles. The number of likely N-dealkylation sites (tertiary alicyclic amines) is 1. The minimum Gasteiger partial charge on any atom is -0.480 e. The average molecular weight is 265 g/mol. The zero-order chi connectivity index (χ0) is 13.2. The zero-order valence-electron chi connectivity index (χ0n) is 8.64. The highest BCUT2D eigenvalue weighted by atomic mass is 32.3. The quantitative estimate of drug-likeness (QED) is 0.496. The van der Waals surface area contributed by atoms with Crippen LogP contribution in [0.4, 0.5) is 0 Å². The molecular formula is C8H11NO7S. The van der Waals surface area contributed by atoms with Gasteiger partial charge in [-0.3, -0.25) is 9.35 Å². The molecule has 1 fully saturated rings. The van der Waals surface area contributed by atoms with Crippen molar-refractivity contribution in [2.75, 3.05) is 6.54 Å². The summed E-state index contributed by atoms with van der Waals surface area (Å²) in [5.41, 5.74) is 0. The van der Waals surface area contributed by atoms with Crippen molar-refractivity contribution in [1.29, 1.82) is 0 Å². The van der Waals surface area contributed by atoms with Crippen LogP contribution in [0.15, 0.2) is 12.7 Å². The Hall–Kier alpha value is -1.45. The zero-order valence-corrected chi connectivity index (χ0v) is 9.46. The van der Waals surface area contributed by atoms with Crippen molar-refractivity contribution in [3.8, 4) is 0 Å². The van der Waals surface area contributed by atoms with E-state index in [-0.39, 0.29) is 13.0 Å². The first-order valence-electron chi connectivity index (χ1n) is 4.56. The van der Waals surface area contributed by atoms with Gasteiger partial charge in [0.05, 0.1) is 6.10 Å². The van der Waals surface area contributed by atoms with Gasteiger partial charge in [0.15, 0.2) is 0 Å². The van der Waals surface area contributed by atoms with Gasteiger partial charge in [-0.2, -0.15) is 8.42 Å². The standard InChI is InChI=1S/C8H11NO7S/c1-2-7(10)9-4-5(16-17(13,14)15)3-6(9)8(11)12/h2,5-6H,1,3-4H2,(H,11,12)(H,13,14,15)/t5-,6+/m0/s1. The summed E-state index contributed by atoms with van der Waals surface area (Å²) in [6.45, 7) is 2.97. The van der Waals surface area contributed by atoms with Gasteiger partial charge in [-0.15, -0.1) is 0 Å². The third kappa shape index (κ3) is 3.51. The van der Waals surface area contributed by atoms with Gasteiger partial charge >= 0.3 is 16.4 Å². The average Bonchev–Trinajstić information content (AvgIpc) is 2.57. The number of hydrogen-bond donors (Lipinski definition) is 2. The summed E-state index contributed by atoms with van der Waals surface area (Å²) in [7, 11) is -4.67. The second-order valence-corrected chi connectivity index (χ2v) is 4.48. The topological polar surface area (TPSA) is 121 Å². The minimum absolute atomic E-state index is 0.214. The molecule has 1 heterocycles. The van der Waals surface area contributed by atoms with Gasteiger partial charge in [-0.25, -0.2) is 8.98 Å². The SMILES string of the molecule is C=CC(=O)N1C[C@@H](OS(=O)(=O)O)C[C@@H]1C(=O)O. The largest absolute Gasteiger partial charge is 0.480 e. The first-order chi connectivity index (χ1) is 7.74. The Morgan fingerprint density at radius 2 is 2.06 bits per heavy atom. The molecule has 1 aliphatic rings. The van der Waals surface area contributed by atoms with E-state index in [9.17, 15) is 18.0 Å². The van der Waals surface area contributed by atoms with Crippen LogP contribution in [0.2, 0.25) is 0 Å². The van der Waals surface area contributed by atoms with Crippen molar-refractivity contribution >= 4 is 22.3 Å². The summed E-state index contributed by atoms with van der Waals surface area (Å²) in [6.07, 6.45) is -0.365. The molecule has 2 atom stereocenters. The lowest BCUT2D eigenvalue weighted by molar-refractivity contribution is -0.146. The molecule has 0 aliphatic carbocycles. The van der Waals surface area contributed by atoms with Gasteiger partial charge in [0.1, 0.15) is 6.04 Å². The minimum atomic E-state index is -4.67. The first kappa shape index (κ1) is 13.6. The van der Waals surface area contributed by atoms with Gasteiger partial charge in [0.2, 0.25) is 5.91 Å². The Kier molecular flexibility index (Phi) is 3.86. The van der Waals surface area contributed by atoms with E-state index in [4.69, 9.17) is 9.66 Å². The third-order valence-electron chi connectivity index (χ3n) is 2.26. The maximum atomic E-state index is 11.3. The molecule has 1 aliphatic heterocycles. The summed E-state index contributed by atoms with van der Waals surface area (Å²) in [6, 6.07) is -1.19. The molecule has 9 heteroatoms. The lowest BCUT2D eigenvalue weighted by Gasteiger charge is -2.18. The highest BCUT2D eigenvalue weighted by Crippen LogP contribution is 2.22. The van der Waals surface area contributed by atoms with Crippen LogP contribution in [0.3, 0.4) is 0 Å². The van der Waals surface area contributed by atoms with Crippen molar-refractivity contribution in [2.45, 2.75) is 18.6 Å². The van der Waals surface area contributed by atoms with Gasteiger partial charge in [-0.1, -0.05) is 6.58 Å². The number of carboxylic acid groups (broad SMARTS) is 1. The molecule has 0 aromatic carbocycles. The fraction of sp³-hybridized carbons (Fsp3) is 0.500. The van der Waals surface area contributed by atoms with Gasteiger partial charge in [-0.05, 0) is 6.08 Å². The fourth-order valence-corrected chi connectivity index (χ4v) is 2.12. The monoisotopic (exact) mass is 265 g/mol. The highest BCUT2D eigenvalue weighted by molar-refractivity contribution is 7.80. The third-order valence-corrected chi connectivity index (χ3v) is 2.78. The van der Waals surface area contributed by atoms with Crippen molar-refractivity contribution in [3.63, 3.8) is 0 Å². The van der Waals surface area contributed by atoms with Crippen LogP contribution in [0, 0.1) is 0 Å². The molecule has 96 valence electrons. The van der Waals surface area contributed by atoms with Crippen LogP contribution in [-0.4, -0.2) is 53.5 Å². The molecule has 17 heavy (non-hydrogen) atoms. The number of amides is 1. The normalized spacial score (nSPS) is 24.6. The lowest BCUT2D eigenvalue weighted by Crippen LogP contribution is -2.39. The number of rotatable bonds is 4. The van der Waals surface area contributed by atoms with E-state index in [0.29, 0.717) is 0 Å². The second kappa shape index (κ2) is 4.82. The smallest absolute Gasteiger partial charge is 0.397 e. The number of aliphatic carboxylic acids is 1. The predicted molar refractivity (Wildman–Crippen MR) is 54.4 cm³/mol. The molecule has 0 unspecified atom stereocenters. The van der Waals surface area contributed by atoms with E-state index in [1.165, 1.54) is 0 Å². The molecule has 2 N–H and O–H groups in total. The predicted octanol–water partition coefficient (Wildman–Crippen LogP) is -0.954. The number of carboxylic acids is 1. The summed E-state index contributed by atoms with van der Waals surface area (Å²) in [5.74, 6) is -1.92. The molecule has 1 saturated heterocycles. The summed E-state index contributed by atoms with van der Waals surface area (Å²) >= 11 is 0. The second-order valence-electron chi connectivity index (χ2n) is 3.43. The molecule has 1 amide bonds. The number of hydrogen-bond acceptors (Lipinski definition) is 5. The number of carbonyl (C=O) groups is 2. The van der Waals surface area contributed by atoms with E-state index in [1.54, 1.807) is 0 Å². The van der Waals surface area contributed by atoms with Crippen molar-refractivity contribution in [2.24, 2.45) is 0 Å². The molecular weight excluding hydrogens is 254 g/mol. The maximum absolute atomic E-state index is 11.3. The van der Waals surface area contributed by atoms with Gasteiger partial charge < -0.3 is 10.0 Å². The Balaban J connectivity index is 2.82. The molecule has 0 bridgehead atoms. The van der Waals surface area contributed by atoms with Crippen LogP contribution in [-0.2, 0) is 24.2 Å². The Morgan fingerprint density at radius 3 is 2.47 bits per heavy atom. The van der Waals surface area contributed by atoms with Crippen molar-refractivity contribution < 1.29 is 31.8 Å². The maximum Gasteiger partial charge on any atom is 0.397 e. The molecule has 0 aromatic heterocycles. The van der Waals surface area contributed by atoms with E-state index in [2.05, 4.69) is 10.8 Å². The van der Waals surface area contributed by atoms with Gasteiger partial charge in [0, 0.05) is 13.0 Å². The molecule has 0 radical (unpaired) electrons. The molecule has 1 rings (SSSR count). The van der Waals surface area contributed by atoms with E-state index >= 15 is 0 Å². The lowest BCUT2D eigenvalue weighted by atomic mass is 10.2. The van der Waals surface area contributed by atoms with Crippen LogP contribution in [0.5, 0.6) is 0 Å². The number of nitrogens with zero attached hydrogens (tertiary/aromatic N) is 1. The molecule has 0 spiro atoms. The van der Waals surface area contributed by atoms with E-state index in [1.807, 2.05) is 0 Å². The highest BCUT2D eigenvalue weighted by Gasteiger charge is 2.41. The molecule has 8 nitrogen and oxygen atoms in total. The van der Waals surface area contributed by atoms with Crippen LogP contribution in [0.25, 0.3) is 0 Å². The van der Waals surface area contributed by atoms with Crippen molar-refractivity contribution in [3.05, 3.63) is 12.7 Å². The summed E-state index contributed by atoms with van der Waals surface area (Å²) in [4.78, 5) is 23.1. The van der Waals surface area contributed by atoms with Crippen LogP contribution >= 0.6 is 0 Å².